The number of hydrogen-bond acceptors (Lipinski definition) is 3. The SMILES string of the molecule is CNCc1cccc(CN(C)CCOC(C)C)c1. The summed E-state index contributed by atoms with van der Waals surface area (Å²) in [5.41, 5.74) is 2.69. The Kier molecular flexibility index (Phi) is 6.94. The van der Waals surface area contributed by atoms with Crippen LogP contribution in [-0.2, 0) is 17.8 Å². The van der Waals surface area contributed by atoms with Crippen molar-refractivity contribution < 1.29 is 4.74 Å². The van der Waals surface area contributed by atoms with Crippen molar-refractivity contribution in [1.29, 1.82) is 0 Å². The van der Waals surface area contributed by atoms with Crippen molar-refractivity contribution in [1.82, 2.24) is 10.2 Å². The summed E-state index contributed by atoms with van der Waals surface area (Å²) < 4.78 is 5.56. The number of likely N-dealkylation sites (N-methyl/N-ethyl adjacent to an activating group) is 1. The molecule has 0 bridgehead atoms. The van der Waals surface area contributed by atoms with E-state index < -0.39 is 0 Å². The maximum absolute atomic E-state index is 5.56. The number of nitrogens with one attached hydrogen (secondary N) is 1. The fraction of sp³-hybridized carbons (Fsp3) is 0.600. The Morgan fingerprint density at radius 1 is 1.28 bits per heavy atom. The van der Waals surface area contributed by atoms with Gasteiger partial charge in [0.2, 0.25) is 0 Å². The minimum absolute atomic E-state index is 0.317. The first-order valence-corrected chi connectivity index (χ1v) is 6.64. The molecule has 1 rings (SSSR count). The molecule has 0 saturated carbocycles. The lowest BCUT2D eigenvalue weighted by Crippen LogP contribution is -2.24. The van der Waals surface area contributed by atoms with Crippen LogP contribution in [0.25, 0.3) is 0 Å². The minimum Gasteiger partial charge on any atom is -0.377 e. The number of rotatable bonds is 8. The van der Waals surface area contributed by atoms with Crippen LogP contribution in [0.1, 0.15) is 25.0 Å². The van der Waals surface area contributed by atoms with Gasteiger partial charge in [-0.25, -0.2) is 0 Å². The van der Waals surface area contributed by atoms with E-state index in [0.717, 1.165) is 26.2 Å². The van der Waals surface area contributed by atoms with Crippen molar-refractivity contribution in [2.75, 3.05) is 27.2 Å². The van der Waals surface area contributed by atoms with Crippen LogP contribution in [-0.4, -0.2) is 38.3 Å². The van der Waals surface area contributed by atoms with Crippen molar-refractivity contribution in [3.8, 4) is 0 Å². The van der Waals surface area contributed by atoms with E-state index in [0.29, 0.717) is 6.10 Å². The smallest absolute Gasteiger partial charge is 0.0596 e. The molecule has 0 amide bonds. The molecule has 0 saturated heterocycles. The monoisotopic (exact) mass is 250 g/mol. The zero-order valence-corrected chi connectivity index (χ0v) is 12.1. The highest BCUT2D eigenvalue weighted by Gasteiger charge is 2.02. The van der Waals surface area contributed by atoms with E-state index >= 15 is 0 Å². The summed E-state index contributed by atoms with van der Waals surface area (Å²) in [6, 6.07) is 8.72. The van der Waals surface area contributed by atoms with Crippen molar-refractivity contribution in [3.05, 3.63) is 35.4 Å². The maximum atomic E-state index is 5.56. The molecule has 0 atom stereocenters. The summed E-state index contributed by atoms with van der Waals surface area (Å²) >= 11 is 0. The predicted octanol–water partition coefficient (Wildman–Crippen LogP) is 2.26. The molecule has 0 spiro atoms. The predicted molar refractivity (Wildman–Crippen MR) is 76.6 cm³/mol. The van der Waals surface area contributed by atoms with E-state index in [1.54, 1.807) is 0 Å². The number of nitrogens with zero attached hydrogens (tertiary/aromatic N) is 1. The van der Waals surface area contributed by atoms with Crippen LogP contribution in [0.15, 0.2) is 24.3 Å². The molecule has 102 valence electrons. The van der Waals surface area contributed by atoms with Gasteiger partial charge in [0.05, 0.1) is 12.7 Å². The Morgan fingerprint density at radius 3 is 2.67 bits per heavy atom. The molecule has 3 heteroatoms. The van der Waals surface area contributed by atoms with Gasteiger partial charge in [0, 0.05) is 19.6 Å². The van der Waals surface area contributed by atoms with Gasteiger partial charge in [0.25, 0.3) is 0 Å². The summed E-state index contributed by atoms with van der Waals surface area (Å²) in [5.74, 6) is 0. The first kappa shape index (κ1) is 15.2. The Labute approximate surface area is 111 Å². The molecule has 1 aromatic carbocycles. The van der Waals surface area contributed by atoms with Crippen LogP contribution in [0, 0.1) is 0 Å². The molecule has 1 aromatic rings. The average Bonchev–Trinajstić information content (AvgIpc) is 2.29. The van der Waals surface area contributed by atoms with Crippen LogP contribution in [0.2, 0.25) is 0 Å². The fourth-order valence-corrected chi connectivity index (χ4v) is 1.88. The van der Waals surface area contributed by atoms with Gasteiger partial charge >= 0.3 is 0 Å². The van der Waals surface area contributed by atoms with E-state index in [2.05, 4.69) is 55.4 Å². The largest absolute Gasteiger partial charge is 0.377 e. The van der Waals surface area contributed by atoms with E-state index in [9.17, 15) is 0 Å². The lowest BCUT2D eigenvalue weighted by Gasteiger charge is -2.18. The van der Waals surface area contributed by atoms with Crippen molar-refractivity contribution in [2.24, 2.45) is 0 Å². The zero-order chi connectivity index (χ0) is 13.4. The van der Waals surface area contributed by atoms with Gasteiger partial charge in [0.1, 0.15) is 0 Å². The van der Waals surface area contributed by atoms with Gasteiger partial charge in [-0.1, -0.05) is 24.3 Å². The molecule has 0 heterocycles. The molecular formula is C15H26N2O. The van der Waals surface area contributed by atoms with Gasteiger partial charge in [0.15, 0.2) is 0 Å². The summed E-state index contributed by atoms with van der Waals surface area (Å²) in [5, 5.41) is 3.18. The molecule has 0 aliphatic carbocycles. The molecule has 0 aromatic heterocycles. The third-order valence-electron chi connectivity index (χ3n) is 2.75. The topological polar surface area (TPSA) is 24.5 Å². The molecule has 18 heavy (non-hydrogen) atoms. The molecule has 0 unspecified atom stereocenters. The first-order chi connectivity index (χ1) is 8.61. The van der Waals surface area contributed by atoms with E-state index in [4.69, 9.17) is 4.74 Å². The lowest BCUT2D eigenvalue weighted by atomic mass is 10.1. The molecule has 3 nitrogen and oxygen atoms in total. The van der Waals surface area contributed by atoms with Gasteiger partial charge in [-0.05, 0) is 39.1 Å². The fourth-order valence-electron chi connectivity index (χ4n) is 1.88. The number of hydrogen-bond donors (Lipinski definition) is 1. The second-order valence-corrected chi connectivity index (χ2v) is 5.01. The van der Waals surface area contributed by atoms with Crippen LogP contribution in [0.3, 0.4) is 0 Å². The van der Waals surface area contributed by atoms with Gasteiger partial charge < -0.3 is 10.1 Å². The van der Waals surface area contributed by atoms with Crippen molar-refractivity contribution in [3.63, 3.8) is 0 Å². The third kappa shape index (κ3) is 6.15. The average molecular weight is 250 g/mol. The Balaban J connectivity index is 2.38. The maximum Gasteiger partial charge on any atom is 0.0596 e. The second-order valence-electron chi connectivity index (χ2n) is 5.01. The summed E-state index contributed by atoms with van der Waals surface area (Å²) in [4.78, 5) is 2.29. The molecular weight excluding hydrogens is 224 g/mol. The standard InChI is InChI=1S/C15H26N2O/c1-13(2)18-9-8-17(4)12-15-7-5-6-14(10-15)11-16-3/h5-7,10,13,16H,8-9,11-12H2,1-4H3. The van der Waals surface area contributed by atoms with Gasteiger partial charge in [-0.3, -0.25) is 4.90 Å². The molecule has 0 aliphatic heterocycles. The second kappa shape index (κ2) is 8.25. The highest BCUT2D eigenvalue weighted by Crippen LogP contribution is 2.07. The van der Waals surface area contributed by atoms with E-state index in [-0.39, 0.29) is 0 Å². The summed E-state index contributed by atoms with van der Waals surface area (Å²) in [6.45, 7) is 7.80. The van der Waals surface area contributed by atoms with Crippen LogP contribution < -0.4 is 5.32 Å². The number of benzene rings is 1. The van der Waals surface area contributed by atoms with E-state index in [1.165, 1.54) is 11.1 Å². The van der Waals surface area contributed by atoms with Gasteiger partial charge in [-0.15, -0.1) is 0 Å². The van der Waals surface area contributed by atoms with Crippen molar-refractivity contribution in [2.45, 2.75) is 33.0 Å². The Morgan fingerprint density at radius 2 is 2.00 bits per heavy atom. The van der Waals surface area contributed by atoms with Crippen LogP contribution >= 0.6 is 0 Å². The third-order valence-corrected chi connectivity index (χ3v) is 2.75. The summed E-state index contributed by atoms with van der Waals surface area (Å²) in [7, 11) is 4.11. The molecule has 0 aliphatic rings. The molecule has 0 radical (unpaired) electrons. The Bertz CT molecular complexity index is 339. The summed E-state index contributed by atoms with van der Waals surface area (Å²) in [6.07, 6.45) is 0.317. The van der Waals surface area contributed by atoms with Crippen LogP contribution in [0.4, 0.5) is 0 Å². The zero-order valence-electron chi connectivity index (χ0n) is 12.1. The molecule has 1 N–H and O–H groups in total. The first-order valence-electron chi connectivity index (χ1n) is 6.64. The quantitative estimate of drug-likeness (QED) is 0.766. The van der Waals surface area contributed by atoms with E-state index in [1.807, 2.05) is 7.05 Å². The number of ether oxygens (including phenoxy) is 1. The highest BCUT2D eigenvalue weighted by atomic mass is 16.5. The highest BCUT2D eigenvalue weighted by molar-refractivity contribution is 5.23. The minimum atomic E-state index is 0.317. The normalized spacial score (nSPS) is 11.4. The van der Waals surface area contributed by atoms with Gasteiger partial charge in [-0.2, -0.15) is 0 Å². The van der Waals surface area contributed by atoms with Crippen molar-refractivity contribution >= 4 is 0 Å². The molecule has 0 fully saturated rings. The van der Waals surface area contributed by atoms with Crippen LogP contribution in [0.5, 0.6) is 0 Å². The lowest BCUT2D eigenvalue weighted by molar-refractivity contribution is 0.0627. The Hall–Kier alpha value is -0.900.